The summed E-state index contributed by atoms with van der Waals surface area (Å²) in [6, 6.07) is 25.0. The number of hydrogen-bond donors (Lipinski definition) is 1. The highest BCUT2D eigenvalue weighted by Gasteiger charge is 2.07. The first-order valence-corrected chi connectivity index (χ1v) is 11.5. The Bertz CT molecular complexity index is 925. The van der Waals surface area contributed by atoms with E-state index in [0.29, 0.717) is 5.75 Å². The van der Waals surface area contributed by atoms with Crippen molar-refractivity contribution in [3.05, 3.63) is 95.1 Å². The molecule has 0 unspecified atom stereocenters. The summed E-state index contributed by atoms with van der Waals surface area (Å²) in [6.07, 6.45) is 0. The second kappa shape index (κ2) is 10.4. The summed E-state index contributed by atoms with van der Waals surface area (Å²) in [6.45, 7) is 4.16. The van der Waals surface area contributed by atoms with Gasteiger partial charge in [0.2, 0.25) is 5.91 Å². The Morgan fingerprint density at radius 1 is 0.857 bits per heavy atom. The van der Waals surface area contributed by atoms with E-state index in [1.54, 1.807) is 11.8 Å². The van der Waals surface area contributed by atoms with Gasteiger partial charge in [0.1, 0.15) is 0 Å². The van der Waals surface area contributed by atoms with E-state index in [9.17, 15) is 4.79 Å². The second-order valence-electron chi connectivity index (χ2n) is 6.72. The molecule has 28 heavy (non-hydrogen) atoms. The van der Waals surface area contributed by atoms with Crippen LogP contribution in [0.2, 0.25) is 0 Å². The molecule has 0 aromatic heterocycles. The standard InChI is InChI=1S/C24H25NOS2/c1-18-8-6-7-9-21(18)16-27-17-24(26)25-23-13-12-20(14-19(23)2)15-28-22-10-4-3-5-11-22/h3-14H,15-17H2,1-2H3,(H,25,26). The van der Waals surface area contributed by atoms with Crippen LogP contribution in [0.25, 0.3) is 0 Å². The van der Waals surface area contributed by atoms with Gasteiger partial charge < -0.3 is 5.32 Å². The number of thioether (sulfide) groups is 2. The molecular formula is C24H25NOS2. The van der Waals surface area contributed by atoms with E-state index in [0.717, 1.165) is 22.8 Å². The molecule has 2 nitrogen and oxygen atoms in total. The topological polar surface area (TPSA) is 29.1 Å². The fourth-order valence-corrected chi connectivity index (χ4v) is 4.62. The number of rotatable bonds is 8. The zero-order valence-corrected chi connectivity index (χ0v) is 17.9. The fourth-order valence-electron chi connectivity index (χ4n) is 2.85. The minimum atomic E-state index is 0.0492. The first kappa shape index (κ1) is 20.6. The highest BCUT2D eigenvalue weighted by molar-refractivity contribution is 7.99. The summed E-state index contributed by atoms with van der Waals surface area (Å²) < 4.78 is 0. The number of amides is 1. The summed E-state index contributed by atoms with van der Waals surface area (Å²) in [7, 11) is 0. The highest BCUT2D eigenvalue weighted by Crippen LogP contribution is 2.25. The minimum absolute atomic E-state index is 0.0492. The third kappa shape index (κ3) is 6.18. The van der Waals surface area contributed by atoms with Crippen molar-refractivity contribution < 1.29 is 4.79 Å². The Balaban J connectivity index is 1.48. The van der Waals surface area contributed by atoms with Crippen LogP contribution in [-0.2, 0) is 16.3 Å². The maximum Gasteiger partial charge on any atom is 0.234 e. The molecule has 0 fully saturated rings. The predicted molar refractivity (Wildman–Crippen MR) is 123 cm³/mol. The van der Waals surface area contributed by atoms with E-state index in [1.165, 1.54) is 21.6 Å². The summed E-state index contributed by atoms with van der Waals surface area (Å²) in [5.41, 5.74) is 5.82. The average molecular weight is 408 g/mol. The van der Waals surface area contributed by atoms with Crippen molar-refractivity contribution in [2.75, 3.05) is 11.1 Å². The van der Waals surface area contributed by atoms with Crippen LogP contribution in [-0.4, -0.2) is 11.7 Å². The van der Waals surface area contributed by atoms with Gasteiger partial charge in [0, 0.05) is 22.1 Å². The van der Waals surface area contributed by atoms with Crippen molar-refractivity contribution in [1.82, 2.24) is 0 Å². The Morgan fingerprint density at radius 2 is 1.61 bits per heavy atom. The fraction of sp³-hybridized carbons (Fsp3) is 0.208. The van der Waals surface area contributed by atoms with Gasteiger partial charge in [-0.25, -0.2) is 0 Å². The largest absolute Gasteiger partial charge is 0.325 e. The smallest absolute Gasteiger partial charge is 0.234 e. The second-order valence-corrected chi connectivity index (χ2v) is 8.75. The molecule has 0 aliphatic carbocycles. The van der Waals surface area contributed by atoms with Crippen molar-refractivity contribution >= 4 is 35.1 Å². The van der Waals surface area contributed by atoms with Crippen molar-refractivity contribution in [2.24, 2.45) is 0 Å². The Labute approximate surface area is 176 Å². The molecule has 144 valence electrons. The van der Waals surface area contributed by atoms with Crippen molar-refractivity contribution in [3.8, 4) is 0 Å². The lowest BCUT2D eigenvalue weighted by Crippen LogP contribution is -2.15. The van der Waals surface area contributed by atoms with Crippen LogP contribution in [0.5, 0.6) is 0 Å². The highest BCUT2D eigenvalue weighted by atomic mass is 32.2. The lowest BCUT2D eigenvalue weighted by atomic mass is 10.1. The van der Waals surface area contributed by atoms with Crippen LogP contribution < -0.4 is 5.32 Å². The van der Waals surface area contributed by atoms with Gasteiger partial charge in [-0.1, -0.05) is 54.6 Å². The first-order valence-electron chi connectivity index (χ1n) is 9.31. The van der Waals surface area contributed by atoms with Crippen LogP contribution in [0, 0.1) is 13.8 Å². The quantitative estimate of drug-likeness (QED) is 0.434. The van der Waals surface area contributed by atoms with Gasteiger partial charge in [-0.3, -0.25) is 4.79 Å². The summed E-state index contributed by atoms with van der Waals surface area (Å²) in [5.74, 6) is 2.28. The van der Waals surface area contributed by atoms with E-state index in [1.807, 2.05) is 43.0 Å². The van der Waals surface area contributed by atoms with E-state index >= 15 is 0 Å². The SMILES string of the molecule is Cc1ccccc1CSCC(=O)Nc1ccc(CSc2ccccc2)cc1C. The van der Waals surface area contributed by atoms with Crippen LogP contribution >= 0.6 is 23.5 Å². The monoisotopic (exact) mass is 407 g/mol. The van der Waals surface area contributed by atoms with Gasteiger partial charge in [-0.15, -0.1) is 23.5 Å². The molecule has 0 saturated carbocycles. The van der Waals surface area contributed by atoms with Gasteiger partial charge in [-0.05, 0) is 54.3 Å². The molecule has 3 aromatic rings. The summed E-state index contributed by atoms with van der Waals surface area (Å²) >= 11 is 3.47. The van der Waals surface area contributed by atoms with Gasteiger partial charge in [-0.2, -0.15) is 0 Å². The third-order valence-corrected chi connectivity index (χ3v) is 6.53. The lowest BCUT2D eigenvalue weighted by Gasteiger charge is -2.11. The molecule has 0 atom stereocenters. The summed E-state index contributed by atoms with van der Waals surface area (Å²) in [5, 5.41) is 3.05. The number of carbonyl (C=O) groups excluding carboxylic acids is 1. The minimum Gasteiger partial charge on any atom is -0.325 e. The zero-order valence-electron chi connectivity index (χ0n) is 16.3. The maximum absolute atomic E-state index is 12.3. The van der Waals surface area contributed by atoms with Crippen LogP contribution in [0.1, 0.15) is 22.3 Å². The number of benzene rings is 3. The van der Waals surface area contributed by atoms with Crippen LogP contribution in [0.15, 0.2) is 77.7 Å². The molecule has 0 saturated heterocycles. The van der Waals surface area contributed by atoms with E-state index < -0.39 is 0 Å². The molecule has 1 N–H and O–H groups in total. The molecule has 3 aromatic carbocycles. The maximum atomic E-state index is 12.3. The number of nitrogens with one attached hydrogen (secondary N) is 1. The molecule has 0 heterocycles. The van der Waals surface area contributed by atoms with Crippen molar-refractivity contribution in [2.45, 2.75) is 30.2 Å². The van der Waals surface area contributed by atoms with Gasteiger partial charge >= 0.3 is 0 Å². The normalized spacial score (nSPS) is 10.6. The molecule has 4 heteroatoms. The van der Waals surface area contributed by atoms with Crippen molar-refractivity contribution in [3.63, 3.8) is 0 Å². The molecule has 0 spiro atoms. The van der Waals surface area contributed by atoms with E-state index in [4.69, 9.17) is 0 Å². The number of anilines is 1. The molecule has 0 radical (unpaired) electrons. The van der Waals surface area contributed by atoms with Gasteiger partial charge in [0.15, 0.2) is 0 Å². The van der Waals surface area contributed by atoms with E-state index in [-0.39, 0.29) is 5.91 Å². The van der Waals surface area contributed by atoms with Gasteiger partial charge in [0.25, 0.3) is 0 Å². The number of aryl methyl sites for hydroxylation is 2. The van der Waals surface area contributed by atoms with Gasteiger partial charge in [0.05, 0.1) is 5.75 Å². The Hall–Kier alpha value is -2.17. The summed E-state index contributed by atoms with van der Waals surface area (Å²) in [4.78, 5) is 13.6. The third-order valence-electron chi connectivity index (χ3n) is 4.47. The lowest BCUT2D eigenvalue weighted by molar-refractivity contribution is -0.113. The first-order chi connectivity index (χ1) is 13.6. The van der Waals surface area contributed by atoms with Crippen molar-refractivity contribution in [1.29, 1.82) is 0 Å². The predicted octanol–water partition coefficient (Wildman–Crippen LogP) is 6.47. The molecular weight excluding hydrogens is 382 g/mol. The molecule has 0 bridgehead atoms. The van der Waals surface area contributed by atoms with E-state index in [2.05, 4.69) is 60.8 Å². The molecule has 1 amide bonds. The molecule has 3 rings (SSSR count). The van der Waals surface area contributed by atoms with Crippen LogP contribution in [0.4, 0.5) is 5.69 Å². The molecule has 0 aliphatic heterocycles. The van der Waals surface area contributed by atoms with Crippen LogP contribution in [0.3, 0.4) is 0 Å². The average Bonchev–Trinajstić information content (AvgIpc) is 2.70. The Morgan fingerprint density at radius 3 is 2.36 bits per heavy atom. The molecule has 0 aliphatic rings. The number of hydrogen-bond acceptors (Lipinski definition) is 3. The number of carbonyl (C=O) groups is 1. The zero-order chi connectivity index (χ0) is 19.8. The Kier molecular flexibility index (Phi) is 7.63.